The molecule has 1 N–H and O–H groups in total. The summed E-state index contributed by atoms with van der Waals surface area (Å²) < 4.78 is 10.9. The monoisotopic (exact) mass is 260 g/mol. The van der Waals surface area contributed by atoms with Gasteiger partial charge in [-0.05, 0) is 32.4 Å². The van der Waals surface area contributed by atoms with Crippen molar-refractivity contribution in [3.8, 4) is 17.6 Å². The Labute approximate surface area is 112 Å². The largest absolute Gasteiger partial charge is 0.486 e. The quantitative estimate of drug-likeness (QED) is 0.885. The minimum Gasteiger partial charge on any atom is -0.486 e. The molecule has 0 unspecified atom stereocenters. The molecular weight excluding hydrogens is 244 g/mol. The van der Waals surface area contributed by atoms with Crippen molar-refractivity contribution in [2.45, 2.75) is 20.8 Å². The number of rotatable bonds is 2. The first kappa shape index (κ1) is 13.2. The maximum atomic E-state index is 12.0. The van der Waals surface area contributed by atoms with Crippen molar-refractivity contribution in [3.63, 3.8) is 0 Å². The van der Waals surface area contributed by atoms with E-state index in [9.17, 15) is 4.79 Å². The lowest BCUT2D eigenvalue weighted by molar-refractivity contribution is -0.121. The van der Waals surface area contributed by atoms with E-state index in [1.807, 2.05) is 19.1 Å². The van der Waals surface area contributed by atoms with Crippen LogP contribution in [0.15, 0.2) is 12.1 Å². The summed E-state index contributed by atoms with van der Waals surface area (Å²) in [4.78, 5) is 12.0. The van der Waals surface area contributed by atoms with Crippen LogP contribution in [0.1, 0.15) is 19.4 Å². The summed E-state index contributed by atoms with van der Waals surface area (Å²) in [6.07, 6.45) is 0. The van der Waals surface area contributed by atoms with Gasteiger partial charge < -0.3 is 14.8 Å². The minimum absolute atomic E-state index is 0.338. The summed E-state index contributed by atoms with van der Waals surface area (Å²) in [6, 6.07) is 5.53. The molecule has 0 radical (unpaired) electrons. The molecule has 0 aliphatic carbocycles. The summed E-state index contributed by atoms with van der Waals surface area (Å²) in [5.41, 5.74) is 0.434. The SMILES string of the molecule is Cc1cc2c(cc1NC(=O)C(C)(C)C#N)OCCO2. The van der Waals surface area contributed by atoms with Gasteiger partial charge in [-0.2, -0.15) is 5.26 Å². The van der Waals surface area contributed by atoms with Gasteiger partial charge in [0.15, 0.2) is 11.5 Å². The number of fused-ring (bicyclic) bond motifs is 1. The van der Waals surface area contributed by atoms with Gasteiger partial charge in [0.25, 0.3) is 0 Å². The molecule has 1 amide bonds. The van der Waals surface area contributed by atoms with Crippen molar-refractivity contribution in [1.82, 2.24) is 0 Å². The Hall–Kier alpha value is -2.22. The number of anilines is 1. The van der Waals surface area contributed by atoms with E-state index in [-0.39, 0.29) is 5.91 Å². The molecule has 1 heterocycles. The van der Waals surface area contributed by atoms with Crippen LogP contribution in [0, 0.1) is 23.7 Å². The molecule has 0 aromatic heterocycles. The number of carbonyl (C=O) groups is 1. The van der Waals surface area contributed by atoms with Crippen LogP contribution in [-0.2, 0) is 4.79 Å². The van der Waals surface area contributed by atoms with Crippen molar-refractivity contribution < 1.29 is 14.3 Å². The molecule has 0 bridgehead atoms. The number of amides is 1. The number of hydrogen-bond donors (Lipinski definition) is 1. The fourth-order valence-electron chi connectivity index (χ4n) is 1.65. The van der Waals surface area contributed by atoms with Gasteiger partial charge in [0.2, 0.25) is 5.91 Å². The number of nitrogens with zero attached hydrogens (tertiary/aromatic N) is 1. The average Bonchev–Trinajstić information content (AvgIpc) is 2.39. The van der Waals surface area contributed by atoms with Gasteiger partial charge in [0, 0.05) is 11.8 Å². The summed E-state index contributed by atoms with van der Waals surface area (Å²) in [7, 11) is 0. The summed E-state index contributed by atoms with van der Waals surface area (Å²) >= 11 is 0. The van der Waals surface area contributed by atoms with Crippen molar-refractivity contribution in [2.24, 2.45) is 5.41 Å². The maximum absolute atomic E-state index is 12.0. The first-order chi connectivity index (χ1) is 8.94. The van der Waals surface area contributed by atoms with E-state index in [1.165, 1.54) is 0 Å². The van der Waals surface area contributed by atoms with E-state index < -0.39 is 5.41 Å². The van der Waals surface area contributed by atoms with Crippen molar-refractivity contribution >= 4 is 11.6 Å². The Morgan fingerprint density at radius 1 is 1.32 bits per heavy atom. The van der Waals surface area contributed by atoms with Crippen LogP contribution in [-0.4, -0.2) is 19.1 Å². The van der Waals surface area contributed by atoms with Crippen LogP contribution in [0.2, 0.25) is 0 Å². The summed E-state index contributed by atoms with van der Waals surface area (Å²) in [5.74, 6) is 0.956. The number of aryl methyl sites for hydroxylation is 1. The van der Waals surface area contributed by atoms with Crippen LogP contribution in [0.5, 0.6) is 11.5 Å². The molecule has 1 aromatic rings. The van der Waals surface area contributed by atoms with Crippen molar-refractivity contribution in [2.75, 3.05) is 18.5 Å². The van der Waals surface area contributed by atoms with Gasteiger partial charge in [-0.3, -0.25) is 4.79 Å². The van der Waals surface area contributed by atoms with Crippen LogP contribution < -0.4 is 14.8 Å². The molecule has 5 nitrogen and oxygen atoms in total. The van der Waals surface area contributed by atoms with Gasteiger partial charge in [-0.1, -0.05) is 0 Å². The summed E-state index contributed by atoms with van der Waals surface area (Å²) in [5, 5.41) is 11.7. The lowest BCUT2D eigenvalue weighted by Crippen LogP contribution is -2.29. The average molecular weight is 260 g/mol. The van der Waals surface area contributed by atoms with Crippen molar-refractivity contribution in [3.05, 3.63) is 17.7 Å². The van der Waals surface area contributed by atoms with Gasteiger partial charge in [0.05, 0.1) is 6.07 Å². The zero-order chi connectivity index (χ0) is 14.0. The zero-order valence-corrected chi connectivity index (χ0v) is 11.2. The number of benzene rings is 1. The Morgan fingerprint density at radius 2 is 1.89 bits per heavy atom. The Balaban J connectivity index is 2.27. The molecule has 0 fully saturated rings. The fraction of sp³-hybridized carbons (Fsp3) is 0.429. The van der Waals surface area contributed by atoms with Gasteiger partial charge in [-0.25, -0.2) is 0 Å². The van der Waals surface area contributed by atoms with E-state index in [1.54, 1.807) is 19.9 Å². The molecule has 5 heteroatoms. The second-order valence-electron chi connectivity index (χ2n) is 5.00. The predicted molar refractivity (Wildman–Crippen MR) is 70.2 cm³/mol. The third-order valence-corrected chi connectivity index (χ3v) is 2.98. The highest BCUT2D eigenvalue weighted by molar-refractivity contribution is 5.97. The summed E-state index contributed by atoms with van der Waals surface area (Å²) in [6.45, 7) is 6.05. The molecule has 100 valence electrons. The third kappa shape index (κ3) is 2.63. The van der Waals surface area contributed by atoms with E-state index in [0.29, 0.717) is 30.4 Å². The fourth-order valence-corrected chi connectivity index (χ4v) is 1.65. The first-order valence-corrected chi connectivity index (χ1v) is 6.07. The molecule has 1 aromatic carbocycles. The van der Waals surface area contributed by atoms with Crippen LogP contribution in [0.4, 0.5) is 5.69 Å². The maximum Gasteiger partial charge on any atom is 0.244 e. The van der Waals surface area contributed by atoms with Gasteiger partial charge in [-0.15, -0.1) is 0 Å². The molecule has 2 rings (SSSR count). The van der Waals surface area contributed by atoms with Gasteiger partial charge >= 0.3 is 0 Å². The van der Waals surface area contributed by atoms with E-state index in [4.69, 9.17) is 14.7 Å². The molecule has 19 heavy (non-hydrogen) atoms. The molecular formula is C14H16N2O3. The standard InChI is InChI=1S/C14H16N2O3/c1-9-6-11-12(19-5-4-18-11)7-10(9)16-13(17)14(2,3)8-15/h6-7H,4-5H2,1-3H3,(H,16,17). The van der Waals surface area contributed by atoms with Gasteiger partial charge in [0.1, 0.15) is 18.6 Å². The van der Waals surface area contributed by atoms with E-state index in [0.717, 1.165) is 5.56 Å². The lowest BCUT2D eigenvalue weighted by Gasteiger charge is -2.21. The van der Waals surface area contributed by atoms with E-state index >= 15 is 0 Å². The second kappa shape index (κ2) is 4.81. The number of ether oxygens (including phenoxy) is 2. The van der Waals surface area contributed by atoms with Crippen LogP contribution >= 0.6 is 0 Å². The predicted octanol–water partition coefficient (Wildman–Crippen LogP) is 2.25. The van der Waals surface area contributed by atoms with Crippen LogP contribution in [0.25, 0.3) is 0 Å². The second-order valence-corrected chi connectivity index (χ2v) is 5.00. The lowest BCUT2D eigenvalue weighted by atomic mass is 9.94. The number of nitriles is 1. The first-order valence-electron chi connectivity index (χ1n) is 6.07. The van der Waals surface area contributed by atoms with E-state index in [2.05, 4.69) is 5.32 Å². The smallest absolute Gasteiger partial charge is 0.244 e. The Morgan fingerprint density at radius 3 is 2.47 bits per heavy atom. The Bertz CT molecular complexity index is 559. The molecule has 0 spiro atoms. The highest BCUT2D eigenvalue weighted by atomic mass is 16.6. The number of carbonyl (C=O) groups excluding carboxylic acids is 1. The molecule has 1 aliphatic heterocycles. The topological polar surface area (TPSA) is 71.4 Å². The normalized spacial score (nSPS) is 13.6. The minimum atomic E-state index is -1.07. The third-order valence-electron chi connectivity index (χ3n) is 2.98. The van der Waals surface area contributed by atoms with Crippen LogP contribution in [0.3, 0.4) is 0 Å². The molecule has 0 saturated heterocycles. The molecule has 0 atom stereocenters. The molecule has 0 saturated carbocycles. The number of hydrogen-bond acceptors (Lipinski definition) is 4. The van der Waals surface area contributed by atoms with Crippen molar-refractivity contribution in [1.29, 1.82) is 5.26 Å². The highest BCUT2D eigenvalue weighted by Gasteiger charge is 2.28. The Kier molecular flexibility index (Phi) is 3.34. The molecule has 1 aliphatic rings. The zero-order valence-electron chi connectivity index (χ0n) is 11.2. The highest BCUT2D eigenvalue weighted by Crippen LogP contribution is 2.35. The number of nitrogens with one attached hydrogen (secondary N) is 1.